The van der Waals surface area contributed by atoms with Gasteiger partial charge in [0, 0.05) is 5.02 Å². The van der Waals surface area contributed by atoms with Crippen molar-refractivity contribution in [3.8, 4) is 0 Å². The highest BCUT2D eigenvalue weighted by Gasteiger charge is 2.51. The van der Waals surface area contributed by atoms with E-state index in [1.165, 1.54) is 11.9 Å². The first-order valence-electron chi connectivity index (χ1n) is 7.89. The molecule has 0 aliphatic heterocycles. The van der Waals surface area contributed by atoms with Gasteiger partial charge in [0.05, 0.1) is 6.54 Å². The van der Waals surface area contributed by atoms with Crippen molar-refractivity contribution in [2.45, 2.75) is 45.3 Å². The smallest absolute Gasteiger partial charge is 0.137 e. The molecule has 0 bridgehead atoms. The van der Waals surface area contributed by atoms with Crippen LogP contribution in [0.1, 0.15) is 32.3 Å². The highest BCUT2D eigenvalue weighted by atomic mass is 35.5. The summed E-state index contributed by atoms with van der Waals surface area (Å²) in [6.07, 6.45) is 7.99. The largest absolute Gasteiger partial charge is 0.383 e. The van der Waals surface area contributed by atoms with Crippen molar-refractivity contribution in [1.29, 1.82) is 0 Å². The van der Waals surface area contributed by atoms with E-state index >= 15 is 0 Å². The summed E-state index contributed by atoms with van der Waals surface area (Å²) in [7, 11) is 0. The van der Waals surface area contributed by atoms with Gasteiger partial charge in [0.15, 0.2) is 0 Å². The number of hydrogen-bond acceptors (Lipinski definition) is 3. The molecule has 1 aromatic heterocycles. The van der Waals surface area contributed by atoms with Crippen LogP contribution in [0.5, 0.6) is 0 Å². The highest BCUT2D eigenvalue weighted by molar-refractivity contribution is 6.30. The number of benzene rings is 1. The van der Waals surface area contributed by atoms with E-state index in [9.17, 15) is 5.11 Å². The molecule has 1 saturated carbocycles. The maximum Gasteiger partial charge on any atom is 0.137 e. The fraction of sp³-hybridized carbons (Fsp3) is 0.444. The van der Waals surface area contributed by atoms with Crippen LogP contribution in [-0.4, -0.2) is 25.5 Å². The molecule has 4 nitrogen and oxygen atoms in total. The molecule has 2 aromatic rings. The summed E-state index contributed by atoms with van der Waals surface area (Å²) < 4.78 is 1.71. The minimum Gasteiger partial charge on any atom is -0.383 e. The Morgan fingerprint density at radius 2 is 2.04 bits per heavy atom. The lowest BCUT2D eigenvalue weighted by molar-refractivity contribution is -0.0306. The lowest BCUT2D eigenvalue weighted by Crippen LogP contribution is -2.45. The van der Waals surface area contributed by atoms with Crippen molar-refractivity contribution in [2.24, 2.45) is 5.41 Å². The summed E-state index contributed by atoms with van der Waals surface area (Å²) >= 11 is 5.93. The zero-order chi connectivity index (χ0) is 16.5. The van der Waals surface area contributed by atoms with Crippen molar-refractivity contribution in [2.75, 3.05) is 0 Å². The molecule has 3 rings (SSSR count). The molecule has 1 unspecified atom stereocenters. The van der Waals surface area contributed by atoms with Crippen molar-refractivity contribution in [3.05, 3.63) is 59.2 Å². The van der Waals surface area contributed by atoms with Crippen molar-refractivity contribution in [3.63, 3.8) is 0 Å². The minimum absolute atomic E-state index is 0.190. The van der Waals surface area contributed by atoms with Crippen molar-refractivity contribution < 1.29 is 5.11 Å². The monoisotopic (exact) mass is 331 g/mol. The Kier molecular flexibility index (Phi) is 4.30. The second kappa shape index (κ2) is 6.10. The van der Waals surface area contributed by atoms with Crippen LogP contribution in [0.2, 0.25) is 5.02 Å². The average Bonchev–Trinajstić information content (AvgIpc) is 3.08. The third-order valence-electron chi connectivity index (χ3n) is 5.02. The molecule has 0 saturated heterocycles. The molecule has 1 aliphatic rings. The summed E-state index contributed by atoms with van der Waals surface area (Å²) in [5.41, 5.74) is 1.19. The first-order valence-corrected chi connectivity index (χ1v) is 8.27. The maximum atomic E-state index is 11.4. The molecule has 122 valence electrons. The zero-order valence-corrected chi connectivity index (χ0v) is 14.3. The van der Waals surface area contributed by atoms with Gasteiger partial charge in [0.25, 0.3) is 0 Å². The first-order chi connectivity index (χ1) is 10.9. The standard InChI is InChI=1S/C18H22ClN3O/c1-17(2)10-9-15(6-3-14-4-7-16(19)8-5-14)18(17,23)11-22-13-20-12-21-22/h4-8,12-13,23H,3,9-11H2,1-2H3/b15-6+. The van der Waals surface area contributed by atoms with Crippen LogP contribution < -0.4 is 0 Å². The van der Waals surface area contributed by atoms with Crippen LogP contribution >= 0.6 is 11.6 Å². The Labute approximate surface area is 141 Å². The van der Waals surface area contributed by atoms with Gasteiger partial charge in [-0.15, -0.1) is 0 Å². The third kappa shape index (κ3) is 3.19. The van der Waals surface area contributed by atoms with Gasteiger partial charge >= 0.3 is 0 Å². The molecule has 1 N–H and O–H groups in total. The fourth-order valence-corrected chi connectivity index (χ4v) is 3.42. The van der Waals surface area contributed by atoms with E-state index in [0.717, 1.165) is 29.9 Å². The van der Waals surface area contributed by atoms with E-state index in [4.69, 9.17) is 11.6 Å². The Morgan fingerprint density at radius 1 is 1.30 bits per heavy atom. The Hall–Kier alpha value is -1.65. The van der Waals surface area contributed by atoms with Gasteiger partial charge < -0.3 is 5.11 Å². The van der Waals surface area contributed by atoms with E-state index < -0.39 is 5.60 Å². The lowest BCUT2D eigenvalue weighted by Gasteiger charge is -2.37. The predicted octanol–water partition coefficient (Wildman–Crippen LogP) is 3.65. The molecule has 0 spiro atoms. The summed E-state index contributed by atoms with van der Waals surface area (Å²) in [5.74, 6) is 0. The van der Waals surface area contributed by atoms with Gasteiger partial charge in [-0.1, -0.05) is 43.7 Å². The number of halogens is 1. The molecular formula is C18H22ClN3O. The quantitative estimate of drug-likeness (QED) is 0.870. The molecule has 5 heteroatoms. The summed E-state index contributed by atoms with van der Waals surface area (Å²) in [5, 5.41) is 16.3. The Morgan fingerprint density at radius 3 is 2.70 bits per heavy atom. The molecule has 23 heavy (non-hydrogen) atoms. The third-order valence-corrected chi connectivity index (χ3v) is 5.28. The molecule has 1 aromatic carbocycles. The molecule has 1 fully saturated rings. The fourth-order valence-electron chi connectivity index (χ4n) is 3.29. The zero-order valence-electron chi connectivity index (χ0n) is 13.5. The first kappa shape index (κ1) is 16.2. The van der Waals surface area contributed by atoms with E-state index in [1.54, 1.807) is 11.0 Å². The lowest BCUT2D eigenvalue weighted by atomic mass is 9.76. The topological polar surface area (TPSA) is 50.9 Å². The van der Waals surface area contributed by atoms with Gasteiger partial charge in [-0.05, 0) is 47.9 Å². The van der Waals surface area contributed by atoms with Crippen LogP contribution in [-0.2, 0) is 13.0 Å². The predicted molar refractivity (Wildman–Crippen MR) is 91.2 cm³/mol. The Bertz CT molecular complexity index is 692. The Balaban J connectivity index is 1.84. The van der Waals surface area contributed by atoms with E-state index in [0.29, 0.717) is 6.54 Å². The van der Waals surface area contributed by atoms with Crippen molar-refractivity contribution in [1.82, 2.24) is 14.8 Å². The number of allylic oxidation sites excluding steroid dienone is 1. The van der Waals surface area contributed by atoms with Gasteiger partial charge in [-0.2, -0.15) is 5.10 Å². The van der Waals surface area contributed by atoms with Crippen LogP contribution in [0.25, 0.3) is 0 Å². The van der Waals surface area contributed by atoms with Crippen LogP contribution in [0.4, 0.5) is 0 Å². The molecule has 1 atom stereocenters. The van der Waals surface area contributed by atoms with E-state index in [-0.39, 0.29) is 5.41 Å². The second-order valence-electron chi connectivity index (χ2n) is 6.90. The van der Waals surface area contributed by atoms with Gasteiger partial charge in [-0.3, -0.25) is 0 Å². The summed E-state index contributed by atoms with van der Waals surface area (Å²) in [4.78, 5) is 3.98. The van der Waals surface area contributed by atoms with Gasteiger partial charge in [0.2, 0.25) is 0 Å². The number of aliphatic hydroxyl groups is 1. The molecule has 1 aliphatic carbocycles. The second-order valence-corrected chi connectivity index (χ2v) is 7.33. The van der Waals surface area contributed by atoms with E-state index in [1.807, 2.05) is 24.3 Å². The van der Waals surface area contributed by atoms with Crippen LogP contribution in [0.15, 0.2) is 48.6 Å². The highest BCUT2D eigenvalue weighted by Crippen LogP contribution is 2.50. The SMILES string of the molecule is CC1(C)CC/C(=C\Cc2ccc(Cl)cc2)C1(O)Cn1cncn1. The summed E-state index contributed by atoms with van der Waals surface area (Å²) in [6, 6.07) is 7.84. The summed E-state index contributed by atoms with van der Waals surface area (Å²) in [6.45, 7) is 4.67. The average molecular weight is 332 g/mol. The maximum absolute atomic E-state index is 11.4. The van der Waals surface area contributed by atoms with Crippen LogP contribution in [0.3, 0.4) is 0 Å². The number of nitrogens with zero attached hydrogens (tertiary/aromatic N) is 3. The minimum atomic E-state index is -0.896. The van der Waals surface area contributed by atoms with Gasteiger partial charge in [0.1, 0.15) is 18.3 Å². The molecule has 0 radical (unpaired) electrons. The number of rotatable bonds is 4. The number of hydrogen-bond donors (Lipinski definition) is 1. The molecular weight excluding hydrogens is 310 g/mol. The number of aromatic nitrogens is 3. The van der Waals surface area contributed by atoms with Crippen LogP contribution in [0, 0.1) is 5.41 Å². The van der Waals surface area contributed by atoms with Crippen molar-refractivity contribution >= 4 is 11.6 Å². The molecule has 1 heterocycles. The normalized spacial score (nSPS) is 25.1. The molecule has 0 amide bonds. The van der Waals surface area contributed by atoms with E-state index in [2.05, 4.69) is 30.0 Å². The van der Waals surface area contributed by atoms with Gasteiger partial charge in [-0.25, -0.2) is 9.67 Å².